The highest BCUT2D eigenvalue weighted by Gasteiger charge is 2.17. The van der Waals surface area contributed by atoms with Crippen LogP contribution in [0, 0.1) is 13.8 Å². The number of amides is 2. The third kappa shape index (κ3) is 6.09. The van der Waals surface area contributed by atoms with Gasteiger partial charge in [-0.2, -0.15) is 0 Å². The number of carbonyl (C=O) groups excluding carboxylic acids is 2. The first kappa shape index (κ1) is 21.9. The molecule has 31 heavy (non-hydrogen) atoms. The Bertz CT molecular complexity index is 1010. The highest BCUT2D eigenvalue weighted by molar-refractivity contribution is 5.95. The van der Waals surface area contributed by atoms with Gasteiger partial charge in [0.25, 0.3) is 11.8 Å². The van der Waals surface area contributed by atoms with E-state index in [1.165, 1.54) is 0 Å². The summed E-state index contributed by atoms with van der Waals surface area (Å²) in [5.74, 6) is 0.448. The summed E-state index contributed by atoms with van der Waals surface area (Å²) in [6.45, 7) is 5.91. The van der Waals surface area contributed by atoms with Crippen molar-refractivity contribution in [1.82, 2.24) is 10.9 Å². The maximum absolute atomic E-state index is 12.3. The number of rotatable bonds is 7. The van der Waals surface area contributed by atoms with Gasteiger partial charge in [-0.05, 0) is 61.7 Å². The maximum atomic E-state index is 12.3. The van der Waals surface area contributed by atoms with Crippen LogP contribution in [0.2, 0.25) is 0 Å². The predicted molar refractivity (Wildman–Crippen MR) is 119 cm³/mol. The fourth-order valence-corrected chi connectivity index (χ4v) is 2.95. The van der Waals surface area contributed by atoms with Crippen LogP contribution in [0.3, 0.4) is 0 Å². The number of hydrogen-bond donors (Lipinski definition) is 2. The predicted octanol–water partition coefficient (Wildman–Crippen LogP) is 4.11. The van der Waals surface area contributed by atoms with Crippen molar-refractivity contribution in [2.24, 2.45) is 0 Å². The third-order valence-corrected chi connectivity index (χ3v) is 4.74. The molecule has 2 N–H and O–H groups in total. The van der Waals surface area contributed by atoms with E-state index in [0.717, 1.165) is 16.7 Å². The van der Waals surface area contributed by atoms with Crippen LogP contribution in [0.15, 0.2) is 72.8 Å². The molecule has 0 bridgehead atoms. The molecule has 0 heterocycles. The lowest BCUT2D eigenvalue weighted by molar-refractivity contribution is -0.128. The van der Waals surface area contributed by atoms with Crippen LogP contribution in [-0.2, 0) is 11.4 Å². The highest BCUT2D eigenvalue weighted by Crippen LogP contribution is 2.23. The van der Waals surface area contributed by atoms with E-state index < -0.39 is 17.9 Å². The lowest BCUT2D eigenvalue weighted by Gasteiger charge is -2.18. The molecular formula is C25H26N2O4. The molecule has 0 aliphatic carbocycles. The standard InChI is InChI=1S/C25H26N2O4/c1-17-8-7-9-18(2)23(17)31-19(3)24(28)26-27-25(29)21-12-14-22(15-13-21)30-16-20-10-5-4-6-11-20/h4-15,19H,16H2,1-3H3,(H,26,28)(H,27,29)/t19-/m1/s1. The molecule has 0 radical (unpaired) electrons. The summed E-state index contributed by atoms with van der Waals surface area (Å²) < 4.78 is 11.5. The van der Waals surface area contributed by atoms with Gasteiger partial charge in [-0.1, -0.05) is 48.5 Å². The Morgan fingerprint density at radius 1 is 0.839 bits per heavy atom. The van der Waals surface area contributed by atoms with Crippen molar-refractivity contribution in [1.29, 1.82) is 0 Å². The van der Waals surface area contributed by atoms with Crippen molar-refractivity contribution in [3.63, 3.8) is 0 Å². The van der Waals surface area contributed by atoms with Crippen LogP contribution in [0.5, 0.6) is 11.5 Å². The average molecular weight is 418 g/mol. The van der Waals surface area contributed by atoms with Crippen LogP contribution < -0.4 is 20.3 Å². The second-order valence-corrected chi connectivity index (χ2v) is 7.22. The summed E-state index contributed by atoms with van der Waals surface area (Å²) in [6.07, 6.45) is -0.770. The Morgan fingerprint density at radius 2 is 1.48 bits per heavy atom. The summed E-state index contributed by atoms with van der Waals surface area (Å²) in [5.41, 5.74) is 8.16. The van der Waals surface area contributed by atoms with E-state index >= 15 is 0 Å². The zero-order chi connectivity index (χ0) is 22.2. The molecule has 3 rings (SSSR count). The molecule has 6 heteroatoms. The molecule has 2 amide bonds. The van der Waals surface area contributed by atoms with Crippen LogP contribution in [0.25, 0.3) is 0 Å². The molecule has 0 aliphatic heterocycles. The lowest BCUT2D eigenvalue weighted by atomic mass is 10.1. The minimum atomic E-state index is -0.770. The van der Waals surface area contributed by atoms with Crippen LogP contribution >= 0.6 is 0 Å². The number of carbonyl (C=O) groups is 2. The molecule has 3 aromatic rings. The fourth-order valence-electron chi connectivity index (χ4n) is 2.95. The molecular weight excluding hydrogens is 392 g/mol. The summed E-state index contributed by atoms with van der Waals surface area (Å²) in [5, 5.41) is 0. The number of benzene rings is 3. The first-order valence-electron chi connectivity index (χ1n) is 10.0. The van der Waals surface area contributed by atoms with Crippen molar-refractivity contribution >= 4 is 11.8 Å². The van der Waals surface area contributed by atoms with Gasteiger partial charge in [-0.3, -0.25) is 20.4 Å². The topological polar surface area (TPSA) is 76.7 Å². The van der Waals surface area contributed by atoms with E-state index in [1.54, 1.807) is 31.2 Å². The second-order valence-electron chi connectivity index (χ2n) is 7.22. The first-order valence-corrected chi connectivity index (χ1v) is 10.0. The molecule has 0 saturated heterocycles. The van der Waals surface area contributed by atoms with Crippen LogP contribution in [0.1, 0.15) is 34.0 Å². The van der Waals surface area contributed by atoms with E-state index in [9.17, 15) is 9.59 Å². The molecule has 0 aliphatic rings. The van der Waals surface area contributed by atoms with Crippen molar-refractivity contribution in [3.8, 4) is 11.5 Å². The SMILES string of the molecule is Cc1cccc(C)c1O[C@H](C)C(=O)NNC(=O)c1ccc(OCc2ccccc2)cc1. The Labute approximate surface area is 182 Å². The number of aryl methyl sites for hydroxylation is 2. The van der Waals surface area contributed by atoms with Crippen molar-refractivity contribution in [2.45, 2.75) is 33.5 Å². The molecule has 3 aromatic carbocycles. The van der Waals surface area contributed by atoms with E-state index in [1.807, 2.05) is 62.4 Å². The summed E-state index contributed by atoms with van der Waals surface area (Å²) in [7, 11) is 0. The quantitative estimate of drug-likeness (QED) is 0.566. The minimum absolute atomic E-state index is 0.399. The maximum Gasteiger partial charge on any atom is 0.279 e. The van der Waals surface area contributed by atoms with Gasteiger partial charge in [0.2, 0.25) is 0 Å². The van der Waals surface area contributed by atoms with E-state index in [-0.39, 0.29) is 0 Å². The average Bonchev–Trinajstić information content (AvgIpc) is 2.79. The fraction of sp³-hybridized carbons (Fsp3) is 0.200. The Hall–Kier alpha value is -3.80. The van der Waals surface area contributed by atoms with Gasteiger partial charge in [0.15, 0.2) is 6.10 Å². The van der Waals surface area contributed by atoms with Gasteiger partial charge >= 0.3 is 0 Å². The zero-order valence-corrected chi connectivity index (χ0v) is 17.8. The van der Waals surface area contributed by atoms with Gasteiger partial charge in [-0.25, -0.2) is 0 Å². The molecule has 0 spiro atoms. The second kappa shape index (κ2) is 10.3. The highest BCUT2D eigenvalue weighted by atomic mass is 16.5. The summed E-state index contributed by atoms with van der Waals surface area (Å²) in [6, 6.07) is 22.3. The molecule has 1 atom stereocenters. The first-order chi connectivity index (χ1) is 14.9. The molecule has 0 unspecified atom stereocenters. The Morgan fingerprint density at radius 3 is 2.13 bits per heavy atom. The monoisotopic (exact) mass is 418 g/mol. The molecule has 0 aromatic heterocycles. The molecule has 6 nitrogen and oxygen atoms in total. The molecule has 160 valence electrons. The molecule has 0 saturated carbocycles. The molecule has 0 fully saturated rings. The van der Waals surface area contributed by atoms with E-state index in [0.29, 0.717) is 23.7 Å². The number of nitrogens with one attached hydrogen (secondary N) is 2. The smallest absolute Gasteiger partial charge is 0.279 e. The van der Waals surface area contributed by atoms with Gasteiger partial charge in [0, 0.05) is 5.56 Å². The van der Waals surface area contributed by atoms with Crippen molar-refractivity contribution < 1.29 is 19.1 Å². The number of hydrazine groups is 1. The van der Waals surface area contributed by atoms with E-state index in [2.05, 4.69) is 10.9 Å². The van der Waals surface area contributed by atoms with Crippen molar-refractivity contribution in [3.05, 3.63) is 95.1 Å². The summed E-state index contributed by atoms with van der Waals surface area (Å²) in [4.78, 5) is 24.6. The van der Waals surface area contributed by atoms with E-state index in [4.69, 9.17) is 9.47 Å². The Kier molecular flexibility index (Phi) is 7.27. The Balaban J connectivity index is 1.49. The lowest BCUT2D eigenvalue weighted by Crippen LogP contribution is -2.47. The van der Waals surface area contributed by atoms with Gasteiger partial charge in [0.05, 0.1) is 0 Å². The largest absolute Gasteiger partial charge is 0.489 e. The number of para-hydroxylation sites is 1. The minimum Gasteiger partial charge on any atom is -0.489 e. The van der Waals surface area contributed by atoms with Gasteiger partial charge in [-0.15, -0.1) is 0 Å². The van der Waals surface area contributed by atoms with Gasteiger partial charge < -0.3 is 9.47 Å². The normalized spacial score (nSPS) is 11.3. The number of ether oxygens (including phenoxy) is 2. The van der Waals surface area contributed by atoms with Crippen molar-refractivity contribution in [2.75, 3.05) is 0 Å². The zero-order valence-electron chi connectivity index (χ0n) is 17.8. The van der Waals surface area contributed by atoms with Crippen LogP contribution in [-0.4, -0.2) is 17.9 Å². The van der Waals surface area contributed by atoms with Gasteiger partial charge in [0.1, 0.15) is 18.1 Å². The van der Waals surface area contributed by atoms with Crippen LogP contribution in [0.4, 0.5) is 0 Å². The number of hydrogen-bond acceptors (Lipinski definition) is 4. The summed E-state index contributed by atoms with van der Waals surface area (Å²) >= 11 is 0. The third-order valence-electron chi connectivity index (χ3n) is 4.74.